The van der Waals surface area contributed by atoms with E-state index in [4.69, 9.17) is 5.26 Å². The van der Waals surface area contributed by atoms with Crippen LogP contribution in [0.4, 0.5) is 11.4 Å². The molecule has 8 nitrogen and oxygen atoms in total. The van der Waals surface area contributed by atoms with Gasteiger partial charge in [-0.25, -0.2) is 9.67 Å². The van der Waals surface area contributed by atoms with Crippen molar-refractivity contribution >= 4 is 23.2 Å². The molecule has 0 radical (unpaired) electrons. The summed E-state index contributed by atoms with van der Waals surface area (Å²) in [6, 6.07) is 15.2. The first kappa shape index (κ1) is 20.9. The van der Waals surface area contributed by atoms with Crippen LogP contribution in [0.5, 0.6) is 0 Å². The predicted molar refractivity (Wildman–Crippen MR) is 123 cm³/mol. The molecule has 0 spiro atoms. The van der Waals surface area contributed by atoms with Gasteiger partial charge in [0.2, 0.25) is 11.8 Å². The highest BCUT2D eigenvalue weighted by Crippen LogP contribution is 2.42. The second kappa shape index (κ2) is 7.85. The lowest BCUT2D eigenvalue weighted by Gasteiger charge is -2.23. The van der Waals surface area contributed by atoms with Crippen LogP contribution < -0.4 is 9.80 Å². The molecule has 8 heteroatoms. The Morgan fingerprint density at radius 2 is 2.09 bits per heavy atom. The lowest BCUT2D eigenvalue weighted by molar-refractivity contribution is -0.124. The van der Waals surface area contributed by atoms with E-state index < -0.39 is 5.92 Å². The average Bonchev–Trinajstić information content (AvgIpc) is 3.52. The van der Waals surface area contributed by atoms with E-state index in [1.165, 1.54) is 6.33 Å². The van der Waals surface area contributed by atoms with Crippen molar-refractivity contribution in [1.29, 1.82) is 5.26 Å². The monoisotopic (exact) mass is 440 g/mol. The van der Waals surface area contributed by atoms with E-state index in [-0.39, 0.29) is 23.7 Å². The molecular weight excluding hydrogens is 416 g/mol. The van der Waals surface area contributed by atoms with Crippen molar-refractivity contribution in [3.05, 3.63) is 71.8 Å². The summed E-state index contributed by atoms with van der Waals surface area (Å²) >= 11 is 0. The third kappa shape index (κ3) is 3.76. The number of benzene rings is 2. The van der Waals surface area contributed by atoms with Gasteiger partial charge in [0.1, 0.15) is 12.7 Å². The van der Waals surface area contributed by atoms with Crippen molar-refractivity contribution in [1.82, 2.24) is 14.8 Å². The Labute approximate surface area is 192 Å². The highest BCUT2D eigenvalue weighted by molar-refractivity contribution is 6.05. The summed E-state index contributed by atoms with van der Waals surface area (Å²) in [7, 11) is 0. The maximum atomic E-state index is 13.6. The number of nitriles is 1. The van der Waals surface area contributed by atoms with E-state index in [0.29, 0.717) is 30.9 Å². The first-order chi connectivity index (χ1) is 15.9. The number of fused-ring (bicyclic) bond motifs is 1. The number of hydrogen-bond acceptors (Lipinski definition) is 5. The molecular formula is C25H24N6O2. The van der Waals surface area contributed by atoms with Gasteiger partial charge in [0, 0.05) is 36.3 Å². The Kier molecular flexibility index (Phi) is 4.97. The molecule has 3 heterocycles. The third-order valence-corrected chi connectivity index (χ3v) is 6.47. The molecule has 0 bridgehead atoms. The van der Waals surface area contributed by atoms with E-state index in [1.807, 2.05) is 17.0 Å². The Morgan fingerprint density at radius 1 is 1.24 bits per heavy atom. The number of aromatic nitrogens is 3. The minimum absolute atomic E-state index is 0.0295. The van der Waals surface area contributed by atoms with Crippen LogP contribution in [0.2, 0.25) is 0 Å². The van der Waals surface area contributed by atoms with Gasteiger partial charge >= 0.3 is 0 Å². The molecule has 3 aromatic rings. The van der Waals surface area contributed by atoms with Gasteiger partial charge in [-0.3, -0.25) is 9.59 Å². The first-order valence-corrected chi connectivity index (χ1v) is 10.9. The molecule has 1 saturated heterocycles. The molecule has 2 aromatic carbocycles. The van der Waals surface area contributed by atoms with E-state index in [0.717, 1.165) is 16.8 Å². The number of carbonyl (C=O) groups is 2. The zero-order chi connectivity index (χ0) is 23.2. The van der Waals surface area contributed by atoms with Crippen LogP contribution in [-0.2, 0) is 21.5 Å². The summed E-state index contributed by atoms with van der Waals surface area (Å²) in [5.74, 6) is -0.539. The number of amides is 2. The highest BCUT2D eigenvalue weighted by Gasteiger charge is 2.43. The molecule has 1 aromatic heterocycles. The van der Waals surface area contributed by atoms with Gasteiger partial charge in [-0.15, -0.1) is 0 Å². The molecule has 1 fully saturated rings. The minimum Gasteiger partial charge on any atom is -0.312 e. The van der Waals surface area contributed by atoms with Gasteiger partial charge in [0.15, 0.2) is 0 Å². The fourth-order valence-corrected chi connectivity index (χ4v) is 4.81. The fraction of sp³-hybridized carbons (Fsp3) is 0.320. The maximum Gasteiger partial charge on any atom is 0.232 e. The van der Waals surface area contributed by atoms with E-state index >= 15 is 0 Å². The summed E-state index contributed by atoms with van der Waals surface area (Å²) < 4.78 is 1.77. The van der Waals surface area contributed by atoms with E-state index in [2.05, 4.69) is 36.1 Å². The maximum absolute atomic E-state index is 13.6. The van der Waals surface area contributed by atoms with Crippen LogP contribution in [0.1, 0.15) is 37.0 Å². The lowest BCUT2D eigenvalue weighted by atomic mass is 9.86. The zero-order valence-corrected chi connectivity index (χ0v) is 18.6. The smallest absolute Gasteiger partial charge is 0.232 e. The molecule has 33 heavy (non-hydrogen) atoms. The minimum atomic E-state index is -0.417. The topological polar surface area (TPSA) is 95.1 Å². The van der Waals surface area contributed by atoms with Crippen LogP contribution >= 0.6 is 0 Å². The number of hydrogen-bond donors (Lipinski definition) is 0. The van der Waals surface area contributed by atoms with Gasteiger partial charge < -0.3 is 9.80 Å². The van der Waals surface area contributed by atoms with Crippen molar-refractivity contribution in [2.75, 3.05) is 22.9 Å². The molecule has 2 aliphatic rings. The van der Waals surface area contributed by atoms with Gasteiger partial charge in [-0.05, 0) is 35.4 Å². The molecule has 166 valence electrons. The fourth-order valence-electron chi connectivity index (χ4n) is 4.81. The van der Waals surface area contributed by atoms with Crippen LogP contribution in [0, 0.1) is 17.2 Å². The zero-order valence-electron chi connectivity index (χ0n) is 18.6. The Morgan fingerprint density at radius 3 is 2.85 bits per heavy atom. The van der Waals surface area contributed by atoms with Crippen LogP contribution in [-0.4, -0.2) is 39.7 Å². The quantitative estimate of drug-likeness (QED) is 0.622. The second-order valence-electron chi connectivity index (χ2n) is 9.32. The Hall–Kier alpha value is -3.99. The van der Waals surface area contributed by atoms with E-state index in [9.17, 15) is 9.59 Å². The van der Waals surface area contributed by atoms with Crippen molar-refractivity contribution in [2.24, 2.45) is 5.92 Å². The second-order valence-corrected chi connectivity index (χ2v) is 9.32. The predicted octanol–water partition coefficient (Wildman–Crippen LogP) is 2.88. The average molecular weight is 441 g/mol. The largest absolute Gasteiger partial charge is 0.312 e. The van der Waals surface area contributed by atoms with E-state index in [1.54, 1.807) is 40.2 Å². The molecule has 5 rings (SSSR count). The van der Waals surface area contributed by atoms with Gasteiger partial charge in [0.05, 0.1) is 24.1 Å². The molecule has 2 amide bonds. The normalized spacial score (nSPS) is 18.9. The first-order valence-electron chi connectivity index (χ1n) is 10.9. The van der Waals surface area contributed by atoms with Gasteiger partial charge in [-0.1, -0.05) is 32.0 Å². The highest BCUT2D eigenvalue weighted by atomic mass is 16.2. The molecule has 0 saturated carbocycles. The van der Waals surface area contributed by atoms with Crippen molar-refractivity contribution < 1.29 is 9.59 Å². The van der Waals surface area contributed by atoms with Gasteiger partial charge in [-0.2, -0.15) is 10.4 Å². The SMILES string of the molecule is CC1(C)CN(C(=O)[C@H]2CC(=O)N(c3cccc(C#N)c3)C2)c2ccc(Cn3cncn3)cc21. The van der Waals surface area contributed by atoms with Gasteiger partial charge in [0.25, 0.3) is 0 Å². The Balaban J connectivity index is 1.38. The summed E-state index contributed by atoms with van der Waals surface area (Å²) in [5.41, 5.74) is 4.08. The molecule has 0 N–H and O–H groups in total. The lowest BCUT2D eigenvalue weighted by Crippen LogP contribution is -2.39. The molecule has 2 aliphatic heterocycles. The summed E-state index contributed by atoms with van der Waals surface area (Å²) in [6.45, 7) is 5.78. The molecule has 0 unspecified atom stereocenters. The number of rotatable bonds is 4. The standard InChI is InChI=1S/C25H24N6O2/c1-25(2)14-31(22-7-6-18(9-21(22)25)12-29-16-27-15-28-29)24(33)19-10-23(32)30(13-19)20-5-3-4-17(8-20)11-26/h3-9,15-16,19H,10,12-14H2,1-2H3/t19-/m0/s1. The van der Waals surface area contributed by atoms with Crippen molar-refractivity contribution in [3.63, 3.8) is 0 Å². The number of nitrogens with zero attached hydrogens (tertiary/aromatic N) is 6. The Bertz CT molecular complexity index is 1270. The molecule has 0 aliphatic carbocycles. The third-order valence-electron chi connectivity index (χ3n) is 6.47. The summed E-state index contributed by atoms with van der Waals surface area (Å²) in [4.78, 5) is 33.7. The summed E-state index contributed by atoms with van der Waals surface area (Å²) in [5, 5.41) is 13.3. The molecule has 1 atom stereocenters. The van der Waals surface area contributed by atoms with Crippen LogP contribution in [0.25, 0.3) is 0 Å². The number of anilines is 2. The summed E-state index contributed by atoms with van der Waals surface area (Å²) in [6.07, 6.45) is 3.37. The number of carbonyl (C=O) groups excluding carboxylic acids is 2. The van der Waals surface area contributed by atoms with Crippen LogP contribution in [0.3, 0.4) is 0 Å². The van der Waals surface area contributed by atoms with Crippen molar-refractivity contribution in [3.8, 4) is 6.07 Å². The van der Waals surface area contributed by atoms with Crippen LogP contribution in [0.15, 0.2) is 55.1 Å². The van der Waals surface area contributed by atoms with Crippen molar-refractivity contribution in [2.45, 2.75) is 32.2 Å².